The van der Waals surface area contributed by atoms with E-state index in [1.54, 1.807) is 12.1 Å². The first-order chi connectivity index (χ1) is 16.5. The highest BCUT2D eigenvalue weighted by atomic mass is 19.1. The van der Waals surface area contributed by atoms with Gasteiger partial charge in [0.1, 0.15) is 5.82 Å². The standard InChI is InChI=1S/C27H33F2N3O2/c1-17-18(5-2-9-26(33)31-27-25(29)8-4-14-30-27)16-21(32-34)6-3-7-24-22(17)12-10-19-15-20(28)11-13-23(19)24/h4,8,11,13-15,17-18,22,24,34H,2-3,5-7,9-10,12,16H2,1H3,(H,30,31,33)/b32-21+/t17?,18-,22?,24?/m1/s1. The number of oxime groups is 1. The Bertz CT molecular complexity index is 1040. The molecular weight excluding hydrogens is 436 g/mol. The van der Waals surface area contributed by atoms with Crippen molar-refractivity contribution in [3.63, 3.8) is 0 Å². The fourth-order valence-corrected chi connectivity index (χ4v) is 6.02. The number of pyridine rings is 1. The Morgan fingerprint density at radius 1 is 1.24 bits per heavy atom. The SMILES string of the molecule is CC1C2CCc3cc(F)ccc3C2CCC/C(=N\O)C[C@H]1CCCC(=O)Nc1ncccc1F. The number of aromatic nitrogens is 1. The minimum absolute atomic E-state index is 0.0434. The van der Waals surface area contributed by atoms with Crippen LogP contribution in [0.1, 0.15) is 75.3 Å². The Morgan fingerprint density at radius 2 is 2.09 bits per heavy atom. The van der Waals surface area contributed by atoms with E-state index in [1.807, 2.05) is 6.07 Å². The topological polar surface area (TPSA) is 74.6 Å². The van der Waals surface area contributed by atoms with E-state index < -0.39 is 5.82 Å². The summed E-state index contributed by atoms with van der Waals surface area (Å²) in [6.07, 6.45) is 8.50. The lowest BCUT2D eigenvalue weighted by Crippen LogP contribution is -2.30. The number of nitrogens with one attached hydrogen (secondary N) is 1. The van der Waals surface area contributed by atoms with E-state index in [-0.39, 0.29) is 29.9 Å². The number of amides is 1. The lowest BCUT2D eigenvalue weighted by atomic mass is 9.65. The summed E-state index contributed by atoms with van der Waals surface area (Å²) in [4.78, 5) is 16.2. The molecule has 2 N–H and O–H groups in total. The van der Waals surface area contributed by atoms with Gasteiger partial charge in [-0.05, 0) is 110 Å². The number of anilines is 1. The molecule has 2 aromatic rings. The fourth-order valence-electron chi connectivity index (χ4n) is 6.02. The molecule has 7 heteroatoms. The van der Waals surface area contributed by atoms with Crippen LogP contribution in [-0.4, -0.2) is 21.8 Å². The summed E-state index contributed by atoms with van der Waals surface area (Å²) in [5.74, 6) is 0.465. The molecular formula is C27H33F2N3O2. The minimum atomic E-state index is -0.548. The van der Waals surface area contributed by atoms with Crippen molar-refractivity contribution in [2.45, 2.75) is 70.6 Å². The van der Waals surface area contributed by atoms with Gasteiger partial charge >= 0.3 is 0 Å². The van der Waals surface area contributed by atoms with Crippen LogP contribution in [0.5, 0.6) is 0 Å². The zero-order chi connectivity index (χ0) is 24.1. The highest BCUT2D eigenvalue weighted by molar-refractivity contribution is 5.89. The van der Waals surface area contributed by atoms with Gasteiger partial charge < -0.3 is 10.5 Å². The fraction of sp³-hybridized carbons (Fsp3) is 0.519. The molecule has 0 aliphatic heterocycles. The Hall–Kier alpha value is -2.83. The number of hydrogen-bond donors (Lipinski definition) is 2. The third-order valence-electron chi connectivity index (χ3n) is 7.80. The number of benzene rings is 1. The minimum Gasteiger partial charge on any atom is -0.411 e. The number of carbonyl (C=O) groups excluding carboxylic acids is 1. The second-order valence-electron chi connectivity index (χ2n) is 9.81. The van der Waals surface area contributed by atoms with Gasteiger partial charge in [-0.3, -0.25) is 4.79 Å². The molecule has 2 aliphatic carbocycles. The van der Waals surface area contributed by atoms with Crippen LogP contribution in [0.4, 0.5) is 14.6 Å². The van der Waals surface area contributed by atoms with Gasteiger partial charge in [-0.2, -0.15) is 0 Å². The predicted octanol–water partition coefficient (Wildman–Crippen LogP) is 6.47. The highest BCUT2D eigenvalue weighted by Gasteiger charge is 2.37. The highest BCUT2D eigenvalue weighted by Crippen LogP contribution is 2.47. The molecule has 1 saturated carbocycles. The van der Waals surface area contributed by atoms with Crippen molar-refractivity contribution in [2.75, 3.05) is 5.32 Å². The van der Waals surface area contributed by atoms with E-state index >= 15 is 0 Å². The molecule has 5 nitrogen and oxygen atoms in total. The van der Waals surface area contributed by atoms with E-state index in [2.05, 4.69) is 22.4 Å². The summed E-state index contributed by atoms with van der Waals surface area (Å²) < 4.78 is 27.6. The molecule has 182 valence electrons. The van der Waals surface area contributed by atoms with Crippen LogP contribution < -0.4 is 5.32 Å². The number of carbonyl (C=O) groups is 1. The van der Waals surface area contributed by atoms with Gasteiger partial charge in [-0.15, -0.1) is 0 Å². The van der Waals surface area contributed by atoms with E-state index in [9.17, 15) is 18.8 Å². The number of aryl methyl sites for hydroxylation is 1. The van der Waals surface area contributed by atoms with Gasteiger partial charge in [-0.1, -0.05) is 18.1 Å². The van der Waals surface area contributed by atoms with Crippen LogP contribution in [0.2, 0.25) is 0 Å². The number of rotatable bonds is 5. The molecule has 0 bridgehead atoms. The smallest absolute Gasteiger partial charge is 0.225 e. The Kier molecular flexibility index (Phi) is 7.91. The van der Waals surface area contributed by atoms with Gasteiger partial charge in [0.25, 0.3) is 0 Å². The van der Waals surface area contributed by atoms with Crippen LogP contribution >= 0.6 is 0 Å². The third-order valence-corrected chi connectivity index (χ3v) is 7.80. The zero-order valence-corrected chi connectivity index (χ0v) is 19.6. The normalized spacial score (nSPS) is 26.0. The molecule has 1 aromatic heterocycles. The second-order valence-corrected chi connectivity index (χ2v) is 9.81. The number of halogens is 2. The summed E-state index contributed by atoms with van der Waals surface area (Å²) >= 11 is 0. The first kappa shape index (κ1) is 24.3. The molecule has 0 radical (unpaired) electrons. The van der Waals surface area contributed by atoms with Crippen molar-refractivity contribution in [1.82, 2.24) is 4.98 Å². The van der Waals surface area contributed by atoms with Crippen molar-refractivity contribution in [3.8, 4) is 0 Å². The van der Waals surface area contributed by atoms with Crippen molar-refractivity contribution < 1.29 is 18.8 Å². The van der Waals surface area contributed by atoms with Gasteiger partial charge in [0.05, 0.1) is 5.71 Å². The summed E-state index contributed by atoms with van der Waals surface area (Å²) in [6, 6.07) is 7.97. The molecule has 3 unspecified atom stereocenters. The number of hydrogen-bond acceptors (Lipinski definition) is 4. The maximum Gasteiger partial charge on any atom is 0.225 e. The van der Waals surface area contributed by atoms with Gasteiger partial charge in [0.15, 0.2) is 11.6 Å². The lowest BCUT2D eigenvalue weighted by molar-refractivity contribution is -0.116. The summed E-state index contributed by atoms with van der Waals surface area (Å²) in [5.41, 5.74) is 3.21. The Morgan fingerprint density at radius 3 is 2.88 bits per heavy atom. The predicted molar refractivity (Wildman–Crippen MR) is 128 cm³/mol. The summed E-state index contributed by atoms with van der Waals surface area (Å²) in [7, 11) is 0. The van der Waals surface area contributed by atoms with Crippen molar-refractivity contribution in [1.29, 1.82) is 0 Å². The molecule has 0 saturated heterocycles. The maximum atomic E-state index is 13.8. The van der Waals surface area contributed by atoms with Crippen molar-refractivity contribution in [3.05, 3.63) is 59.3 Å². The number of fused-ring (bicyclic) bond motifs is 3. The van der Waals surface area contributed by atoms with Crippen LogP contribution in [0.15, 0.2) is 41.7 Å². The Labute approximate surface area is 199 Å². The van der Waals surface area contributed by atoms with Crippen LogP contribution in [-0.2, 0) is 11.2 Å². The molecule has 0 spiro atoms. The zero-order valence-electron chi connectivity index (χ0n) is 19.6. The average Bonchev–Trinajstić information content (AvgIpc) is 2.89. The largest absolute Gasteiger partial charge is 0.411 e. The molecule has 1 amide bonds. The van der Waals surface area contributed by atoms with Crippen LogP contribution in [0, 0.1) is 29.4 Å². The van der Waals surface area contributed by atoms with E-state index in [0.29, 0.717) is 30.6 Å². The molecule has 1 fully saturated rings. The first-order valence-corrected chi connectivity index (χ1v) is 12.3. The van der Waals surface area contributed by atoms with E-state index in [0.717, 1.165) is 49.8 Å². The Balaban J connectivity index is 1.45. The summed E-state index contributed by atoms with van der Waals surface area (Å²) in [6.45, 7) is 2.28. The van der Waals surface area contributed by atoms with E-state index in [4.69, 9.17) is 0 Å². The molecule has 34 heavy (non-hydrogen) atoms. The monoisotopic (exact) mass is 469 g/mol. The van der Waals surface area contributed by atoms with Gasteiger partial charge in [0.2, 0.25) is 5.91 Å². The van der Waals surface area contributed by atoms with Gasteiger partial charge in [-0.25, -0.2) is 13.8 Å². The van der Waals surface area contributed by atoms with Crippen LogP contribution in [0.3, 0.4) is 0 Å². The molecule has 2 aliphatic rings. The lowest BCUT2D eigenvalue weighted by Gasteiger charge is -2.40. The average molecular weight is 470 g/mol. The van der Waals surface area contributed by atoms with Crippen LogP contribution in [0.25, 0.3) is 0 Å². The molecule has 1 heterocycles. The van der Waals surface area contributed by atoms with E-state index in [1.165, 1.54) is 23.9 Å². The first-order valence-electron chi connectivity index (χ1n) is 12.3. The molecule has 4 rings (SSSR count). The third kappa shape index (κ3) is 5.62. The van der Waals surface area contributed by atoms with Crippen molar-refractivity contribution in [2.24, 2.45) is 22.9 Å². The molecule has 1 aromatic carbocycles. The second kappa shape index (κ2) is 11.1. The van der Waals surface area contributed by atoms with Gasteiger partial charge in [0, 0.05) is 12.6 Å². The maximum absolute atomic E-state index is 13.8. The quantitative estimate of drug-likeness (QED) is 0.389. The summed E-state index contributed by atoms with van der Waals surface area (Å²) in [5, 5.41) is 15.7. The van der Waals surface area contributed by atoms with Crippen molar-refractivity contribution >= 4 is 17.4 Å². The number of nitrogens with zero attached hydrogens (tertiary/aromatic N) is 2. The molecule has 4 atom stereocenters.